The van der Waals surface area contributed by atoms with Crippen LogP contribution in [0.25, 0.3) is 10.8 Å². The van der Waals surface area contributed by atoms with E-state index < -0.39 is 0 Å². The third-order valence-electron chi connectivity index (χ3n) is 2.55. The number of pyridine rings is 1. The van der Waals surface area contributed by atoms with Gasteiger partial charge in [-0.25, -0.2) is 9.97 Å². The number of hydrogen-bond acceptors (Lipinski definition) is 4. The van der Waals surface area contributed by atoms with Gasteiger partial charge in [0, 0.05) is 44.8 Å². The van der Waals surface area contributed by atoms with Crippen molar-refractivity contribution in [1.29, 1.82) is 0 Å². The van der Waals surface area contributed by atoms with Gasteiger partial charge in [0.05, 0.1) is 0 Å². The van der Waals surface area contributed by atoms with Gasteiger partial charge >= 0.3 is 0 Å². The predicted octanol–water partition coefficient (Wildman–Crippen LogP) is 3.37. The number of benzene rings is 1. The summed E-state index contributed by atoms with van der Waals surface area (Å²) in [7, 11) is 0. The zero-order valence-electron chi connectivity index (χ0n) is 9.34. The van der Waals surface area contributed by atoms with Crippen LogP contribution in [0.2, 0.25) is 0 Å². The lowest BCUT2D eigenvalue weighted by Gasteiger charge is -2.07. The monoisotopic (exact) mass is 348 g/mol. The maximum atomic E-state index is 4.24. The zero-order valence-corrected chi connectivity index (χ0v) is 11.5. The highest BCUT2D eigenvalue weighted by atomic mass is 127. The molecule has 88 valence electrons. The summed E-state index contributed by atoms with van der Waals surface area (Å²) < 4.78 is 1.01. The third-order valence-corrected chi connectivity index (χ3v) is 3.10. The summed E-state index contributed by atoms with van der Waals surface area (Å²) in [5, 5.41) is 5.42. The van der Waals surface area contributed by atoms with Crippen LogP contribution in [0.15, 0.2) is 49.1 Å². The maximum absolute atomic E-state index is 4.24. The van der Waals surface area contributed by atoms with Gasteiger partial charge < -0.3 is 5.32 Å². The Morgan fingerprint density at radius 2 is 1.83 bits per heavy atom. The molecule has 0 aliphatic heterocycles. The van der Waals surface area contributed by atoms with Gasteiger partial charge in [0.25, 0.3) is 0 Å². The Kier molecular flexibility index (Phi) is 3.06. The number of rotatable bonds is 2. The van der Waals surface area contributed by atoms with E-state index in [1.807, 2.05) is 30.5 Å². The summed E-state index contributed by atoms with van der Waals surface area (Å²) in [5.74, 6) is 0.597. The molecule has 0 saturated carbocycles. The van der Waals surface area contributed by atoms with Crippen LogP contribution in [0.5, 0.6) is 0 Å². The molecule has 4 nitrogen and oxygen atoms in total. The number of nitrogens with zero attached hydrogens (tertiary/aromatic N) is 3. The van der Waals surface area contributed by atoms with Crippen LogP contribution in [-0.4, -0.2) is 15.0 Å². The first-order chi connectivity index (χ1) is 8.83. The fraction of sp³-hybridized carbons (Fsp3) is 0. The van der Waals surface area contributed by atoms with Crippen molar-refractivity contribution in [2.45, 2.75) is 0 Å². The van der Waals surface area contributed by atoms with Crippen LogP contribution in [0.1, 0.15) is 0 Å². The summed E-state index contributed by atoms with van der Waals surface area (Å²) >= 11 is 2.18. The third kappa shape index (κ3) is 2.26. The van der Waals surface area contributed by atoms with E-state index in [1.165, 1.54) is 0 Å². The van der Waals surface area contributed by atoms with E-state index in [0.29, 0.717) is 5.95 Å². The minimum Gasteiger partial charge on any atom is -0.324 e. The predicted molar refractivity (Wildman–Crippen MR) is 79.8 cm³/mol. The van der Waals surface area contributed by atoms with E-state index in [1.54, 1.807) is 18.6 Å². The summed E-state index contributed by atoms with van der Waals surface area (Å²) in [6.07, 6.45) is 7.18. The van der Waals surface area contributed by atoms with Gasteiger partial charge in [-0.05, 0) is 34.7 Å². The molecule has 2 aromatic heterocycles. The molecule has 0 fully saturated rings. The Balaban J connectivity index is 2.02. The fourth-order valence-electron chi connectivity index (χ4n) is 1.73. The number of aromatic nitrogens is 3. The highest BCUT2D eigenvalue weighted by molar-refractivity contribution is 14.1. The van der Waals surface area contributed by atoms with E-state index in [9.17, 15) is 0 Å². The number of fused-ring (bicyclic) bond motifs is 1. The minimum atomic E-state index is 0.597. The lowest BCUT2D eigenvalue weighted by molar-refractivity contribution is 1.15. The van der Waals surface area contributed by atoms with Crippen molar-refractivity contribution in [1.82, 2.24) is 15.0 Å². The first-order valence-corrected chi connectivity index (χ1v) is 6.48. The standard InChI is InChI=1S/C13H9IN4/c14-10-7-16-13(17-8-10)18-12-3-1-2-9-6-15-5-4-11(9)12/h1-8H,(H,16,17,18). The van der Waals surface area contributed by atoms with Gasteiger partial charge in [-0.1, -0.05) is 12.1 Å². The second-order valence-electron chi connectivity index (χ2n) is 3.75. The number of hydrogen-bond donors (Lipinski definition) is 1. The molecule has 0 saturated heterocycles. The topological polar surface area (TPSA) is 50.7 Å². The molecule has 0 spiro atoms. The molecular weight excluding hydrogens is 339 g/mol. The van der Waals surface area contributed by atoms with Gasteiger partial charge in [-0.2, -0.15) is 0 Å². The zero-order chi connectivity index (χ0) is 12.4. The summed E-state index contributed by atoms with van der Waals surface area (Å²) in [6.45, 7) is 0. The molecule has 1 N–H and O–H groups in total. The Hall–Kier alpha value is -1.76. The van der Waals surface area contributed by atoms with Crippen LogP contribution in [0, 0.1) is 3.57 Å². The molecule has 0 aliphatic carbocycles. The molecule has 3 aromatic rings. The van der Waals surface area contributed by atoms with Gasteiger partial charge in [0.15, 0.2) is 0 Å². The van der Waals surface area contributed by atoms with Crippen molar-refractivity contribution < 1.29 is 0 Å². The molecule has 18 heavy (non-hydrogen) atoms. The Morgan fingerprint density at radius 1 is 1.00 bits per heavy atom. The van der Waals surface area contributed by atoms with Crippen molar-refractivity contribution in [3.05, 3.63) is 52.6 Å². The smallest absolute Gasteiger partial charge is 0.227 e. The first kappa shape index (κ1) is 11.3. The second-order valence-corrected chi connectivity index (χ2v) is 5.00. The van der Waals surface area contributed by atoms with Crippen molar-refractivity contribution in [3.63, 3.8) is 0 Å². The van der Waals surface area contributed by atoms with E-state index in [0.717, 1.165) is 20.0 Å². The summed E-state index contributed by atoms with van der Waals surface area (Å²) in [5.41, 5.74) is 0.983. The molecule has 0 bridgehead atoms. The molecular formula is C13H9IN4. The number of anilines is 2. The van der Waals surface area contributed by atoms with Crippen LogP contribution in [0.3, 0.4) is 0 Å². The molecule has 0 radical (unpaired) electrons. The quantitative estimate of drug-likeness (QED) is 0.722. The van der Waals surface area contributed by atoms with Crippen LogP contribution in [0.4, 0.5) is 11.6 Å². The highest BCUT2D eigenvalue weighted by Crippen LogP contribution is 2.24. The van der Waals surface area contributed by atoms with Crippen LogP contribution < -0.4 is 5.32 Å². The molecule has 1 aromatic carbocycles. The number of nitrogens with one attached hydrogen (secondary N) is 1. The summed E-state index contributed by atoms with van der Waals surface area (Å²) in [6, 6.07) is 8.00. The first-order valence-electron chi connectivity index (χ1n) is 5.40. The molecule has 3 rings (SSSR count). The second kappa shape index (κ2) is 4.85. The van der Waals surface area contributed by atoms with Crippen molar-refractivity contribution in [2.75, 3.05) is 5.32 Å². The Labute approximate surface area is 118 Å². The lowest BCUT2D eigenvalue weighted by Crippen LogP contribution is -1.97. The van der Waals surface area contributed by atoms with Crippen molar-refractivity contribution in [3.8, 4) is 0 Å². The van der Waals surface area contributed by atoms with Crippen LogP contribution >= 0.6 is 22.6 Å². The van der Waals surface area contributed by atoms with Crippen molar-refractivity contribution in [2.24, 2.45) is 0 Å². The van der Waals surface area contributed by atoms with E-state index in [2.05, 4.69) is 42.9 Å². The average molecular weight is 348 g/mol. The van der Waals surface area contributed by atoms with E-state index >= 15 is 0 Å². The lowest BCUT2D eigenvalue weighted by atomic mass is 10.1. The van der Waals surface area contributed by atoms with E-state index in [-0.39, 0.29) is 0 Å². The molecule has 0 aliphatic rings. The van der Waals surface area contributed by atoms with Gasteiger partial charge in [0.1, 0.15) is 0 Å². The normalized spacial score (nSPS) is 10.5. The van der Waals surface area contributed by atoms with Gasteiger partial charge in [0.2, 0.25) is 5.95 Å². The maximum Gasteiger partial charge on any atom is 0.227 e. The molecule has 0 amide bonds. The largest absolute Gasteiger partial charge is 0.324 e. The molecule has 0 atom stereocenters. The van der Waals surface area contributed by atoms with Crippen molar-refractivity contribution >= 4 is 45.0 Å². The average Bonchev–Trinajstić information content (AvgIpc) is 2.42. The summed E-state index contributed by atoms with van der Waals surface area (Å²) in [4.78, 5) is 12.6. The fourth-order valence-corrected chi connectivity index (χ4v) is 2.01. The van der Waals surface area contributed by atoms with E-state index in [4.69, 9.17) is 0 Å². The SMILES string of the molecule is Ic1cnc(Nc2cccc3cnccc23)nc1. The minimum absolute atomic E-state index is 0.597. The van der Waals surface area contributed by atoms with Gasteiger partial charge in [-0.3, -0.25) is 4.98 Å². The van der Waals surface area contributed by atoms with Crippen LogP contribution in [-0.2, 0) is 0 Å². The highest BCUT2D eigenvalue weighted by Gasteiger charge is 2.02. The van der Waals surface area contributed by atoms with Gasteiger partial charge in [-0.15, -0.1) is 0 Å². The Morgan fingerprint density at radius 3 is 2.67 bits per heavy atom. The molecule has 5 heteroatoms. The Bertz CT molecular complexity index is 677. The number of halogens is 1. The molecule has 0 unspecified atom stereocenters. The molecule has 2 heterocycles.